The molecule has 0 amide bonds. The molecule has 1 N–H and O–H groups in total. The molecule has 100 valence electrons. The summed E-state index contributed by atoms with van der Waals surface area (Å²) in [5.74, 6) is 0. The topological polar surface area (TPSA) is 12.0 Å². The van der Waals surface area contributed by atoms with Crippen LogP contribution in [-0.4, -0.2) is 13.2 Å². The number of halogens is 3. The van der Waals surface area contributed by atoms with Crippen LogP contribution in [0.1, 0.15) is 30.2 Å². The first-order valence-electron chi connectivity index (χ1n) is 5.70. The number of nitrogens with one attached hydrogen (secondary N) is 1. The monoisotopic (exact) mass is 293 g/mol. The minimum Gasteiger partial charge on any atom is -0.312 e. The van der Waals surface area contributed by atoms with Gasteiger partial charge in [-0.2, -0.15) is 13.2 Å². The molecule has 2 rings (SSSR count). The Balaban J connectivity index is 1.98. The van der Waals surface area contributed by atoms with Crippen molar-refractivity contribution in [2.45, 2.75) is 31.5 Å². The minimum atomic E-state index is -4.05. The van der Waals surface area contributed by atoms with E-state index >= 15 is 0 Å². The number of thiophene rings is 2. The van der Waals surface area contributed by atoms with Crippen LogP contribution in [0.15, 0.2) is 17.5 Å². The van der Waals surface area contributed by atoms with E-state index in [1.165, 1.54) is 9.40 Å². The van der Waals surface area contributed by atoms with E-state index in [0.717, 1.165) is 4.88 Å². The van der Waals surface area contributed by atoms with Gasteiger partial charge in [0.2, 0.25) is 0 Å². The summed E-state index contributed by atoms with van der Waals surface area (Å²) in [6, 6.07) is 4.16. The van der Waals surface area contributed by atoms with Crippen molar-refractivity contribution in [3.63, 3.8) is 0 Å². The number of rotatable bonds is 5. The van der Waals surface area contributed by atoms with Gasteiger partial charge in [-0.3, -0.25) is 0 Å². The zero-order chi connectivity index (χ0) is 13.2. The normalized spacial score (nSPS) is 14.2. The molecular weight excluding hydrogens is 279 g/mol. The summed E-state index contributed by atoms with van der Waals surface area (Å²) >= 11 is 3.33. The van der Waals surface area contributed by atoms with Gasteiger partial charge in [0.05, 0.1) is 0 Å². The van der Waals surface area contributed by atoms with Crippen molar-refractivity contribution in [1.82, 2.24) is 5.32 Å². The average molecular weight is 293 g/mol. The van der Waals surface area contributed by atoms with E-state index in [1.807, 2.05) is 5.38 Å². The molecule has 2 aromatic heterocycles. The number of hydrogen-bond acceptors (Lipinski definition) is 3. The summed E-state index contributed by atoms with van der Waals surface area (Å²) in [5, 5.41) is 5.13. The summed E-state index contributed by atoms with van der Waals surface area (Å²) in [6.45, 7) is 0. The average Bonchev–Trinajstić information content (AvgIpc) is 2.82. The van der Waals surface area contributed by atoms with Crippen LogP contribution in [0.25, 0.3) is 9.40 Å². The lowest BCUT2D eigenvalue weighted by atomic mass is 10.1. The Hall–Kier alpha value is -0.590. The summed E-state index contributed by atoms with van der Waals surface area (Å²) < 4.78 is 38.8. The highest BCUT2D eigenvalue weighted by molar-refractivity contribution is 7.26. The molecule has 2 heterocycles. The van der Waals surface area contributed by atoms with E-state index < -0.39 is 12.6 Å². The van der Waals surface area contributed by atoms with E-state index in [1.54, 1.807) is 29.7 Å². The molecule has 1 unspecified atom stereocenters. The summed E-state index contributed by atoms with van der Waals surface area (Å²) in [7, 11) is 1.80. The van der Waals surface area contributed by atoms with E-state index in [9.17, 15) is 13.2 Å². The number of hydrogen-bond donors (Lipinski definition) is 1. The second-order valence-corrected chi connectivity index (χ2v) is 6.21. The van der Waals surface area contributed by atoms with Crippen molar-refractivity contribution in [3.8, 4) is 0 Å². The SMILES string of the molecule is CNC(CCCC(F)(F)F)c1cc2sccc2s1. The third-order valence-electron chi connectivity index (χ3n) is 2.80. The first-order valence-corrected chi connectivity index (χ1v) is 7.40. The molecule has 0 aromatic carbocycles. The van der Waals surface area contributed by atoms with Gasteiger partial charge >= 0.3 is 6.18 Å². The van der Waals surface area contributed by atoms with E-state index in [2.05, 4.69) is 17.4 Å². The molecule has 0 saturated heterocycles. The van der Waals surface area contributed by atoms with E-state index in [-0.39, 0.29) is 12.5 Å². The third-order valence-corrected chi connectivity index (χ3v) is 5.01. The van der Waals surface area contributed by atoms with Gasteiger partial charge in [0.15, 0.2) is 0 Å². The van der Waals surface area contributed by atoms with Crippen molar-refractivity contribution in [2.24, 2.45) is 0 Å². The molecular formula is C12H14F3NS2. The summed E-state index contributed by atoms with van der Waals surface area (Å²) in [4.78, 5) is 1.13. The lowest BCUT2D eigenvalue weighted by Gasteiger charge is -2.14. The van der Waals surface area contributed by atoms with Crippen LogP contribution < -0.4 is 5.32 Å². The first kappa shape index (κ1) is 13.8. The fraction of sp³-hybridized carbons (Fsp3) is 0.500. The molecule has 6 heteroatoms. The fourth-order valence-corrected chi connectivity index (χ4v) is 4.16. The Morgan fingerprint density at radius 2 is 2.11 bits per heavy atom. The van der Waals surface area contributed by atoms with Crippen molar-refractivity contribution in [3.05, 3.63) is 22.4 Å². The first-order chi connectivity index (χ1) is 8.49. The van der Waals surface area contributed by atoms with Gasteiger partial charge < -0.3 is 5.32 Å². The van der Waals surface area contributed by atoms with Gasteiger partial charge in [-0.25, -0.2) is 0 Å². The Labute approximate surface area is 112 Å². The number of alkyl halides is 3. The van der Waals surface area contributed by atoms with Crippen LogP contribution >= 0.6 is 22.7 Å². The molecule has 1 nitrogen and oxygen atoms in total. The van der Waals surface area contributed by atoms with Crippen LogP contribution in [0.5, 0.6) is 0 Å². The molecule has 0 bridgehead atoms. The fourth-order valence-electron chi connectivity index (χ4n) is 1.89. The lowest BCUT2D eigenvalue weighted by molar-refractivity contribution is -0.135. The summed E-state index contributed by atoms with van der Waals surface area (Å²) in [6.07, 6.45) is -4.07. The molecule has 0 aliphatic rings. The molecule has 0 saturated carbocycles. The molecule has 1 atom stereocenters. The quantitative estimate of drug-likeness (QED) is 0.822. The van der Waals surface area contributed by atoms with Crippen molar-refractivity contribution in [1.29, 1.82) is 0 Å². The highest BCUT2D eigenvalue weighted by Gasteiger charge is 2.27. The minimum absolute atomic E-state index is 0.0250. The Bertz CT molecular complexity index is 472. The molecule has 2 aromatic rings. The largest absolute Gasteiger partial charge is 0.389 e. The molecule has 0 radical (unpaired) electrons. The van der Waals surface area contributed by atoms with Gasteiger partial charge in [0.25, 0.3) is 0 Å². The Kier molecular flexibility index (Phi) is 4.29. The standard InChI is InChI=1S/C12H14F3NS2/c1-16-8(3-2-5-12(13,14)15)10-7-11-9(18-10)4-6-17-11/h4,6-8,16H,2-3,5H2,1H3. The van der Waals surface area contributed by atoms with Crippen molar-refractivity contribution < 1.29 is 13.2 Å². The van der Waals surface area contributed by atoms with Crippen LogP contribution in [0.3, 0.4) is 0 Å². The molecule has 0 spiro atoms. The molecule has 0 aliphatic carbocycles. The Morgan fingerprint density at radius 3 is 2.72 bits per heavy atom. The molecule has 0 fully saturated rings. The molecule has 18 heavy (non-hydrogen) atoms. The zero-order valence-electron chi connectivity index (χ0n) is 9.88. The predicted octanol–water partition coefficient (Wildman–Crippen LogP) is 4.96. The predicted molar refractivity (Wildman–Crippen MR) is 71.4 cm³/mol. The molecule has 0 aliphatic heterocycles. The van der Waals surface area contributed by atoms with Crippen molar-refractivity contribution in [2.75, 3.05) is 7.05 Å². The van der Waals surface area contributed by atoms with Crippen molar-refractivity contribution >= 4 is 32.1 Å². The number of fused-ring (bicyclic) bond motifs is 1. The van der Waals surface area contributed by atoms with Gasteiger partial charge in [0.1, 0.15) is 0 Å². The van der Waals surface area contributed by atoms with Gasteiger partial charge in [-0.05, 0) is 37.4 Å². The van der Waals surface area contributed by atoms with E-state index in [4.69, 9.17) is 0 Å². The van der Waals surface area contributed by atoms with Crippen LogP contribution in [0.2, 0.25) is 0 Å². The second kappa shape index (κ2) is 5.59. The smallest absolute Gasteiger partial charge is 0.312 e. The van der Waals surface area contributed by atoms with E-state index in [0.29, 0.717) is 6.42 Å². The highest BCUT2D eigenvalue weighted by Crippen LogP contribution is 2.35. The van der Waals surface area contributed by atoms with Crippen LogP contribution in [0.4, 0.5) is 13.2 Å². The van der Waals surface area contributed by atoms with Crippen LogP contribution in [0, 0.1) is 0 Å². The maximum Gasteiger partial charge on any atom is 0.389 e. The lowest BCUT2D eigenvalue weighted by Crippen LogP contribution is -2.16. The van der Waals surface area contributed by atoms with Crippen LogP contribution in [-0.2, 0) is 0 Å². The Morgan fingerprint density at radius 1 is 1.33 bits per heavy atom. The zero-order valence-corrected chi connectivity index (χ0v) is 11.5. The van der Waals surface area contributed by atoms with Gasteiger partial charge in [-0.15, -0.1) is 22.7 Å². The maximum atomic E-state index is 12.1. The maximum absolute atomic E-state index is 12.1. The van der Waals surface area contributed by atoms with Gasteiger partial charge in [0, 0.05) is 26.7 Å². The van der Waals surface area contributed by atoms with Gasteiger partial charge in [-0.1, -0.05) is 0 Å². The highest BCUT2D eigenvalue weighted by atomic mass is 32.1. The summed E-state index contributed by atoms with van der Waals surface area (Å²) in [5.41, 5.74) is 0. The third kappa shape index (κ3) is 3.46. The second-order valence-electron chi connectivity index (χ2n) is 4.15.